The first-order valence-electron chi connectivity index (χ1n) is 10.1. The van der Waals surface area contributed by atoms with Crippen LogP contribution in [0.5, 0.6) is 5.75 Å². The third-order valence-electron chi connectivity index (χ3n) is 5.54. The number of amides is 1. The highest BCUT2D eigenvalue weighted by Crippen LogP contribution is 2.42. The number of carbonyl (C=O) groups excluding carboxylic acids is 2. The van der Waals surface area contributed by atoms with Gasteiger partial charge in [0, 0.05) is 17.6 Å². The van der Waals surface area contributed by atoms with Crippen LogP contribution in [0.15, 0.2) is 82.6 Å². The minimum absolute atomic E-state index is 0.156. The van der Waals surface area contributed by atoms with E-state index in [0.717, 1.165) is 17.0 Å². The standard InChI is InChI=1S/C25H16F2N2O5/c1-33-18-7-4-5-13-11-19(34-24(13)18)22(30)20-21(16-6-2-3-10-28-16)29(25(32)23(20)31)17-9-8-14(26)12-15(17)27/h2-12,21,31H,1H3. The number of benzene rings is 2. The van der Waals surface area contributed by atoms with Gasteiger partial charge in [-0.05, 0) is 36.4 Å². The number of halogens is 2. The lowest BCUT2D eigenvalue weighted by Gasteiger charge is -2.26. The number of hydrogen-bond donors (Lipinski definition) is 1. The van der Waals surface area contributed by atoms with Gasteiger partial charge in [-0.25, -0.2) is 8.78 Å². The molecular formula is C25H16F2N2O5. The van der Waals surface area contributed by atoms with Crippen LogP contribution in [0, 0.1) is 11.6 Å². The summed E-state index contributed by atoms with van der Waals surface area (Å²) >= 11 is 0. The zero-order valence-electron chi connectivity index (χ0n) is 17.7. The molecule has 1 unspecified atom stereocenters. The summed E-state index contributed by atoms with van der Waals surface area (Å²) in [6.45, 7) is 0. The Morgan fingerprint density at radius 3 is 2.65 bits per heavy atom. The van der Waals surface area contributed by atoms with Crippen LogP contribution in [-0.2, 0) is 4.79 Å². The average Bonchev–Trinajstić information content (AvgIpc) is 3.39. The van der Waals surface area contributed by atoms with Gasteiger partial charge < -0.3 is 14.3 Å². The van der Waals surface area contributed by atoms with E-state index in [0.29, 0.717) is 22.8 Å². The van der Waals surface area contributed by atoms with Gasteiger partial charge in [-0.1, -0.05) is 18.2 Å². The number of para-hydroxylation sites is 1. The van der Waals surface area contributed by atoms with E-state index >= 15 is 0 Å². The Morgan fingerprint density at radius 2 is 1.94 bits per heavy atom. The number of aromatic nitrogens is 1. The van der Waals surface area contributed by atoms with Gasteiger partial charge in [-0.3, -0.25) is 19.5 Å². The summed E-state index contributed by atoms with van der Waals surface area (Å²) in [5.74, 6) is -4.33. The van der Waals surface area contributed by atoms with Crippen LogP contribution in [0.25, 0.3) is 11.0 Å². The van der Waals surface area contributed by atoms with E-state index in [2.05, 4.69) is 4.98 Å². The molecule has 9 heteroatoms. The van der Waals surface area contributed by atoms with Crippen molar-refractivity contribution < 1.29 is 32.6 Å². The molecule has 0 aliphatic carbocycles. The average molecular weight is 462 g/mol. The number of ketones is 1. The van der Waals surface area contributed by atoms with Crippen molar-refractivity contribution >= 4 is 28.3 Å². The number of Topliss-reactive ketones (excluding diaryl/α,β-unsaturated/α-hetero) is 1. The lowest BCUT2D eigenvalue weighted by Crippen LogP contribution is -2.32. The van der Waals surface area contributed by atoms with E-state index in [1.165, 1.54) is 25.4 Å². The van der Waals surface area contributed by atoms with E-state index in [4.69, 9.17) is 9.15 Å². The van der Waals surface area contributed by atoms with Gasteiger partial charge in [0.1, 0.15) is 17.7 Å². The maximum atomic E-state index is 14.7. The summed E-state index contributed by atoms with van der Waals surface area (Å²) in [5.41, 5.74) is -0.151. The Hall–Kier alpha value is -4.53. The molecule has 1 N–H and O–H groups in total. The molecule has 4 aromatic rings. The quantitative estimate of drug-likeness (QED) is 0.424. The van der Waals surface area contributed by atoms with Gasteiger partial charge in [0.15, 0.2) is 22.9 Å². The summed E-state index contributed by atoms with van der Waals surface area (Å²) in [7, 11) is 1.45. The maximum Gasteiger partial charge on any atom is 0.294 e. The summed E-state index contributed by atoms with van der Waals surface area (Å²) < 4.78 is 39.2. The second-order valence-corrected chi connectivity index (χ2v) is 7.51. The molecule has 0 bridgehead atoms. The molecular weight excluding hydrogens is 446 g/mol. The fourth-order valence-electron chi connectivity index (χ4n) is 4.02. The predicted molar refractivity (Wildman–Crippen MR) is 118 cm³/mol. The van der Waals surface area contributed by atoms with E-state index in [9.17, 15) is 23.5 Å². The Morgan fingerprint density at radius 1 is 1.12 bits per heavy atom. The zero-order chi connectivity index (χ0) is 24.0. The molecule has 2 aromatic heterocycles. The van der Waals surface area contributed by atoms with Gasteiger partial charge >= 0.3 is 0 Å². The maximum absolute atomic E-state index is 14.7. The monoisotopic (exact) mass is 462 g/mol. The molecule has 1 aliphatic rings. The number of ether oxygens (including phenoxy) is 1. The number of aliphatic hydroxyl groups is 1. The smallest absolute Gasteiger partial charge is 0.294 e. The van der Waals surface area contributed by atoms with Crippen LogP contribution in [0.1, 0.15) is 22.3 Å². The van der Waals surface area contributed by atoms with Gasteiger partial charge in [-0.2, -0.15) is 0 Å². The molecule has 7 nitrogen and oxygen atoms in total. The molecule has 0 spiro atoms. The second-order valence-electron chi connectivity index (χ2n) is 7.51. The Bertz CT molecular complexity index is 1480. The highest BCUT2D eigenvalue weighted by molar-refractivity contribution is 6.20. The molecule has 3 heterocycles. The molecule has 0 saturated carbocycles. The van der Waals surface area contributed by atoms with Crippen LogP contribution in [0.3, 0.4) is 0 Å². The fourth-order valence-corrected chi connectivity index (χ4v) is 4.02. The predicted octanol–water partition coefficient (Wildman–Crippen LogP) is 4.90. The number of fused-ring (bicyclic) bond motifs is 1. The first kappa shape index (κ1) is 21.3. The van der Waals surface area contributed by atoms with Gasteiger partial charge in [0.2, 0.25) is 5.78 Å². The van der Waals surface area contributed by atoms with Crippen molar-refractivity contribution in [3.8, 4) is 5.75 Å². The van der Waals surface area contributed by atoms with E-state index in [1.807, 2.05) is 0 Å². The van der Waals surface area contributed by atoms with Gasteiger partial charge in [-0.15, -0.1) is 0 Å². The molecule has 1 amide bonds. The first-order chi connectivity index (χ1) is 16.4. The van der Waals surface area contributed by atoms with Crippen molar-refractivity contribution in [3.63, 3.8) is 0 Å². The van der Waals surface area contributed by atoms with Gasteiger partial charge in [0.25, 0.3) is 5.91 Å². The van der Waals surface area contributed by atoms with Crippen LogP contribution in [-0.4, -0.2) is 28.9 Å². The van der Waals surface area contributed by atoms with Gasteiger partial charge in [0.05, 0.1) is 24.1 Å². The van der Waals surface area contributed by atoms with Crippen LogP contribution < -0.4 is 9.64 Å². The van der Waals surface area contributed by atoms with E-state index < -0.39 is 35.1 Å². The number of anilines is 1. The number of aliphatic hydroxyl groups excluding tert-OH is 1. The molecule has 1 aliphatic heterocycles. The van der Waals surface area contributed by atoms with Crippen molar-refractivity contribution in [2.45, 2.75) is 6.04 Å². The number of pyridine rings is 1. The SMILES string of the molecule is COc1cccc2cc(C(=O)C3=C(O)C(=O)N(c4ccc(F)cc4F)C3c3ccccn3)oc12. The molecule has 5 rings (SSSR count). The van der Waals surface area contributed by atoms with Crippen LogP contribution in [0.2, 0.25) is 0 Å². The Labute approximate surface area is 191 Å². The Balaban J connectivity index is 1.67. The lowest BCUT2D eigenvalue weighted by molar-refractivity contribution is -0.117. The van der Waals surface area contributed by atoms with E-state index in [-0.39, 0.29) is 22.7 Å². The van der Waals surface area contributed by atoms with Crippen LogP contribution in [0.4, 0.5) is 14.5 Å². The molecule has 1 atom stereocenters. The normalized spacial score (nSPS) is 15.9. The number of rotatable bonds is 5. The third-order valence-corrected chi connectivity index (χ3v) is 5.54. The van der Waals surface area contributed by atoms with E-state index in [1.54, 1.807) is 30.3 Å². The second kappa shape index (κ2) is 8.11. The zero-order valence-corrected chi connectivity index (χ0v) is 17.7. The van der Waals surface area contributed by atoms with Crippen LogP contribution >= 0.6 is 0 Å². The molecule has 0 radical (unpaired) electrons. The van der Waals surface area contributed by atoms with Crippen molar-refractivity contribution in [2.24, 2.45) is 0 Å². The minimum atomic E-state index is -1.28. The molecule has 170 valence electrons. The number of methoxy groups -OCH3 is 1. The summed E-state index contributed by atoms with van der Waals surface area (Å²) in [4.78, 5) is 31.7. The summed E-state index contributed by atoms with van der Waals surface area (Å²) in [6.07, 6.45) is 1.43. The fraction of sp³-hybridized carbons (Fsp3) is 0.0800. The van der Waals surface area contributed by atoms with Crippen molar-refractivity contribution in [1.82, 2.24) is 4.98 Å². The first-order valence-corrected chi connectivity index (χ1v) is 10.1. The molecule has 0 saturated heterocycles. The number of furan rings is 1. The molecule has 0 fully saturated rings. The Kier molecular flexibility index (Phi) is 5.09. The largest absolute Gasteiger partial charge is 0.503 e. The molecule has 34 heavy (non-hydrogen) atoms. The minimum Gasteiger partial charge on any atom is -0.503 e. The third kappa shape index (κ3) is 3.29. The highest BCUT2D eigenvalue weighted by Gasteiger charge is 2.46. The summed E-state index contributed by atoms with van der Waals surface area (Å²) in [6, 6.07) is 12.7. The highest BCUT2D eigenvalue weighted by atomic mass is 19.1. The van der Waals surface area contributed by atoms with Crippen molar-refractivity contribution in [3.05, 3.63) is 101 Å². The molecule has 2 aromatic carbocycles. The van der Waals surface area contributed by atoms with Crippen molar-refractivity contribution in [2.75, 3.05) is 12.0 Å². The topological polar surface area (TPSA) is 92.9 Å². The van der Waals surface area contributed by atoms with Crippen molar-refractivity contribution in [1.29, 1.82) is 0 Å². The number of carbonyl (C=O) groups is 2. The number of hydrogen-bond acceptors (Lipinski definition) is 6. The lowest BCUT2D eigenvalue weighted by atomic mass is 9.98. The number of nitrogens with zero attached hydrogens (tertiary/aromatic N) is 2. The summed E-state index contributed by atoms with van der Waals surface area (Å²) in [5, 5.41) is 11.3.